The van der Waals surface area contributed by atoms with Crippen LogP contribution in [0.4, 0.5) is 14.5 Å². The van der Waals surface area contributed by atoms with Crippen molar-refractivity contribution in [2.24, 2.45) is 5.92 Å². The Bertz CT molecular complexity index is 797. The summed E-state index contributed by atoms with van der Waals surface area (Å²) >= 11 is 0. The Morgan fingerprint density at radius 3 is 2.57 bits per heavy atom. The van der Waals surface area contributed by atoms with E-state index in [2.05, 4.69) is 5.32 Å². The summed E-state index contributed by atoms with van der Waals surface area (Å²) in [5, 5.41) is 2.40. The average molecular weight is 418 g/mol. The predicted molar refractivity (Wildman–Crippen MR) is 98.7 cm³/mol. The topological polar surface area (TPSA) is 92.8 Å². The van der Waals surface area contributed by atoms with Gasteiger partial charge in [0.2, 0.25) is 15.7 Å². The van der Waals surface area contributed by atoms with Gasteiger partial charge in [-0.15, -0.1) is 0 Å². The fourth-order valence-electron chi connectivity index (χ4n) is 2.69. The zero-order valence-corrected chi connectivity index (χ0v) is 16.4. The molecule has 1 amide bonds. The Balaban J connectivity index is 2.03. The van der Waals surface area contributed by atoms with Crippen LogP contribution in [0.1, 0.15) is 26.2 Å². The van der Waals surface area contributed by atoms with Gasteiger partial charge in [0.05, 0.1) is 30.2 Å². The van der Waals surface area contributed by atoms with Crippen LogP contribution < -0.4 is 5.32 Å². The normalized spacial score (nSPS) is 14.3. The minimum absolute atomic E-state index is 0.0844. The predicted octanol–water partition coefficient (Wildman–Crippen LogP) is 2.29. The lowest BCUT2D eigenvalue weighted by Gasteiger charge is -2.21. The van der Waals surface area contributed by atoms with Crippen LogP contribution in [0.25, 0.3) is 0 Å². The van der Waals surface area contributed by atoms with Crippen LogP contribution in [0.15, 0.2) is 29.2 Å². The molecule has 0 aliphatic heterocycles. The average Bonchev–Trinajstić information content (AvgIpc) is 3.44. The van der Waals surface area contributed by atoms with Gasteiger partial charge in [-0.05, 0) is 37.8 Å². The van der Waals surface area contributed by atoms with Crippen molar-refractivity contribution in [1.82, 2.24) is 4.90 Å². The van der Waals surface area contributed by atoms with Crippen molar-refractivity contribution in [3.8, 4) is 0 Å². The molecule has 0 atom stereocenters. The standard InChI is InChI=1S/C18H24F2N2O5S/c1-2-27-17(24)9-10-22(11-13-7-8-13)12-16(23)21-14-5-3-4-6-15(14)28(25,26)18(19)20/h3-6,13,18H,2,7-12H2,1H3,(H,21,23). The summed E-state index contributed by atoms with van der Waals surface area (Å²) in [7, 11) is -4.84. The summed E-state index contributed by atoms with van der Waals surface area (Å²) in [6.45, 7) is 2.85. The SMILES string of the molecule is CCOC(=O)CCN(CC(=O)Nc1ccccc1S(=O)(=O)C(F)F)CC1CC1. The summed E-state index contributed by atoms with van der Waals surface area (Å²) in [4.78, 5) is 25.1. The summed E-state index contributed by atoms with van der Waals surface area (Å²) in [6.07, 6.45) is 2.23. The maximum absolute atomic E-state index is 12.9. The van der Waals surface area contributed by atoms with Crippen LogP contribution in [0.2, 0.25) is 0 Å². The quantitative estimate of drug-likeness (QED) is 0.555. The second-order valence-corrected chi connectivity index (χ2v) is 8.47. The molecule has 10 heteroatoms. The lowest BCUT2D eigenvalue weighted by Crippen LogP contribution is -2.36. The molecule has 1 aliphatic carbocycles. The van der Waals surface area contributed by atoms with E-state index in [1.54, 1.807) is 11.8 Å². The molecular weight excluding hydrogens is 394 g/mol. The van der Waals surface area contributed by atoms with Gasteiger partial charge in [-0.1, -0.05) is 12.1 Å². The van der Waals surface area contributed by atoms with Crippen molar-refractivity contribution in [1.29, 1.82) is 0 Å². The van der Waals surface area contributed by atoms with E-state index in [4.69, 9.17) is 4.74 Å². The van der Waals surface area contributed by atoms with Gasteiger partial charge in [0.1, 0.15) is 0 Å². The van der Waals surface area contributed by atoms with Crippen LogP contribution in [0, 0.1) is 5.92 Å². The van der Waals surface area contributed by atoms with Crippen LogP contribution >= 0.6 is 0 Å². The van der Waals surface area contributed by atoms with Crippen molar-refractivity contribution < 1.29 is 31.5 Å². The number of sulfone groups is 1. The van der Waals surface area contributed by atoms with Gasteiger partial charge < -0.3 is 10.1 Å². The Morgan fingerprint density at radius 1 is 1.29 bits per heavy atom. The lowest BCUT2D eigenvalue weighted by atomic mass is 10.3. The van der Waals surface area contributed by atoms with Crippen molar-refractivity contribution >= 4 is 27.4 Å². The third-order valence-electron chi connectivity index (χ3n) is 4.22. The number of carbonyl (C=O) groups excluding carboxylic acids is 2. The van der Waals surface area contributed by atoms with E-state index in [0.717, 1.165) is 18.9 Å². The zero-order valence-electron chi connectivity index (χ0n) is 15.6. The number of hydrogen-bond donors (Lipinski definition) is 1. The van der Waals surface area contributed by atoms with Crippen LogP contribution in [-0.2, 0) is 24.2 Å². The summed E-state index contributed by atoms with van der Waals surface area (Å²) < 4.78 is 54.2. The van der Waals surface area contributed by atoms with E-state index in [0.29, 0.717) is 19.0 Å². The number of carbonyl (C=O) groups is 2. The number of anilines is 1. The van der Waals surface area contributed by atoms with E-state index in [1.807, 2.05) is 0 Å². The number of amides is 1. The van der Waals surface area contributed by atoms with Gasteiger partial charge in [0.25, 0.3) is 0 Å². The minimum atomic E-state index is -4.84. The first-order chi connectivity index (χ1) is 13.2. The zero-order chi connectivity index (χ0) is 20.7. The molecule has 0 saturated heterocycles. The van der Waals surface area contributed by atoms with E-state index < -0.39 is 26.4 Å². The van der Waals surface area contributed by atoms with E-state index >= 15 is 0 Å². The molecular formula is C18H24F2N2O5S. The Morgan fingerprint density at radius 2 is 1.96 bits per heavy atom. The van der Waals surface area contributed by atoms with Crippen molar-refractivity contribution in [2.75, 3.05) is 31.6 Å². The second-order valence-electron chi connectivity index (χ2n) is 6.58. The highest BCUT2D eigenvalue weighted by Gasteiger charge is 2.30. The molecule has 0 radical (unpaired) electrons. The number of halogens is 2. The number of ether oxygens (including phenoxy) is 1. The molecule has 0 bridgehead atoms. The molecule has 7 nitrogen and oxygen atoms in total. The van der Waals surface area contributed by atoms with Crippen molar-refractivity contribution in [2.45, 2.75) is 36.8 Å². The number of esters is 1. The molecule has 1 saturated carbocycles. The highest BCUT2D eigenvalue weighted by molar-refractivity contribution is 7.91. The fourth-order valence-corrected chi connectivity index (χ4v) is 3.58. The Labute approximate surface area is 163 Å². The van der Waals surface area contributed by atoms with E-state index in [1.165, 1.54) is 18.2 Å². The Hall–Kier alpha value is -2.07. The number of rotatable bonds is 11. The summed E-state index contributed by atoms with van der Waals surface area (Å²) in [5.74, 6) is -4.03. The van der Waals surface area contributed by atoms with Gasteiger partial charge in [-0.25, -0.2) is 8.42 Å². The van der Waals surface area contributed by atoms with Crippen LogP contribution in [0.5, 0.6) is 0 Å². The third kappa shape index (κ3) is 6.52. The number of nitrogens with zero attached hydrogens (tertiary/aromatic N) is 1. The maximum atomic E-state index is 12.9. The highest BCUT2D eigenvalue weighted by Crippen LogP contribution is 2.30. The first-order valence-electron chi connectivity index (χ1n) is 9.03. The number of alkyl halides is 2. The number of hydrogen-bond acceptors (Lipinski definition) is 6. The molecule has 1 aromatic carbocycles. The maximum Gasteiger partial charge on any atom is 0.341 e. The molecule has 1 aromatic rings. The molecule has 28 heavy (non-hydrogen) atoms. The highest BCUT2D eigenvalue weighted by atomic mass is 32.2. The summed E-state index contributed by atoms with van der Waals surface area (Å²) in [6, 6.07) is 5.04. The fraction of sp³-hybridized carbons (Fsp3) is 0.556. The molecule has 2 rings (SSSR count). The van der Waals surface area contributed by atoms with E-state index in [9.17, 15) is 26.8 Å². The van der Waals surface area contributed by atoms with E-state index in [-0.39, 0.29) is 31.2 Å². The monoisotopic (exact) mass is 418 g/mol. The van der Waals surface area contributed by atoms with Gasteiger partial charge in [0, 0.05) is 13.1 Å². The lowest BCUT2D eigenvalue weighted by molar-refractivity contribution is -0.143. The third-order valence-corrected chi connectivity index (χ3v) is 5.66. The first-order valence-corrected chi connectivity index (χ1v) is 10.6. The molecule has 1 N–H and O–H groups in total. The molecule has 1 fully saturated rings. The smallest absolute Gasteiger partial charge is 0.341 e. The summed E-state index contributed by atoms with van der Waals surface area (Å²) in [5.41, 5.74) is -0.190. The largest absolute Gasteiger partial charge is 0.466 e. The number of benzene rings is 1. The van der Waals surface area contributed by atoms with Gasteiger partial charge in [-0.3, -0.25) is 14.5 Å². The minimum Gasteiger partial charge on any atom is -0.466 e. The number of para-hydroxylation sites is 1. The van der Waals surface area contributed by atoms with Gasteiger partial charge in [-0.2, -0.15) is 8.78 Å². The Kier molecular flexibility index (Phi) is 7.88. The van der Waals surface area contributed by atoms with Crippen molar-refractivity contribution in [3.63, 3.8) is 0 Å². The molecule has 0 aromatic heterocycles. The molecule has 156 valence electrons. The molecule has 0 heterocycles. The molecule has 1 aliphatic rings. The van der Waals surface area contributed by atoms with Crippen LogP contribution in [0.3, 0.4) is 0 Å². The molecule has 0 unspecified atom stereocenters. The first kappa shape index (κ1) is 22.2. The number of nitrogens with one attached hydrogen (secondary N) is 1. The van der Waals surface area contributed by atoms with Gasteiger partial charge in [0.15, 0.2) is 0 Å². The van der Waals surface area contributed by atoms with Crippen molar-refractivity contribution in [3.05, 3.63) is 24.3 Å². The molecule has 0 spiro atoms. The van der Waals surface area contributed by atoms with Crippen LogP contribution in [-0.4, -0.2) is 57.2 Å². The van der Waals surface area contributed by atoms with Gasteiger partial charge >= 0.3 is 11.7 Å². The second kappa shape index (κ2) is 9.92.